The Bertz CT molecular complexity index is 2380. The Labute approximate surface area is 293 Å². The van der Waals surface area contributed by atoms with Gasteiger partial charge in [-0.15, -0.1) is 0 Å². The predicted molar refractivity (Wildman–Crippen MR) is 207 cm³/mol. The van der Waals surface area contributed by atoms with E-state index in [0.717, 1.165) is 51.0 Å². The van der Waals surface area contributed by atoms with Crippen LogP contribution in [0.25, 0.3) is 33.4 Å². The molecule has 0 radical (unpaired) electrons. The highest BCUT2D eigenvalue weighted by Gasteiger charge is 2.30. The first-order valence-corrected chi connectivity index (χ1v) is 17.0. The van der Waals surface area contributed by atoms with Gasteiger partial charge in [0.2, 0.25) is 0 Å². The summed E-state index contributed by atoms with van der Waals surface area (Å²) in [7, 11) is 2.08. The molecule has 9 rings (SSSR count). The summed E-state index contributed by atoms with van der Waals surface area (Å²) < 4.78 is 0. The highest BCUT2D eigenvalue weighted by atomic mass is 15.3. The van der Waals surface area contributed by atoms with Gasteiger partial charge in [-0.05, 0) is 70.3 Å². The van der Waals surface area contributed by atoms with Crippen LogP contribution in [0.4, 0.5) is 17.1 Å². The minimum atomic E-state index is -0.216. The third-order valence-electron chi connectivity index (χ3n) is 9.65. The van der Waals surface area contributed by atoms with Crippen molar-refractivity contribution in [2.24, 2.45) is 9.98 Å². The van der Waals surface area contributed by atoms with E-state index in [9.17, 15) is 0 Å². The molecule has 0 saturated carbocycles. The molecule has 4 heteroatoms. The maximum atomic E-state index is 5.31. The number of nitrogens with zero attached hydrogens (tertiary/aromatic N) is 4. The Balaban J connectivity index is 1.26. The molecule has 4 nitrogen and oxygen atoms in total. The van der Waals surface area contributed by atoms with E-state index in [1.807, 2.05) is 12.1 Å². The highest BCUT2D eigenvalue weighted by molar-refractivity contribution is 6.14. The average molecular weight is 643 g/mol. The van der Waals surface area contributed by atoms with Crippen LogP contribution in [0.1, 0.15) is 22.9 Å². The van der Waals surface area contributed by atoms with Crippen molar-refractivity contribution in [3.63, 3.8) is 0 Å². The molecule has 0 spiro atoms. The summed E-state index contributed by atoms with van der Waals surface area (Å²) in [5.41, 5.74) is 13.6. The van der Waals surface area contributed by atoms with Crippen LogP contribution >= 0.6 is 0 Å². The van der Waals surface area contributed by atoms with Crippen LogP contribution in [-0.4, -0.2) is 23.6 Å². The second kappa shape index (κ2) is 12.5. The van der Waals surface area contributed by atoms with Gasteiger partial charge >= 0.3 is 0 Å². The molecule has 0 saturated heterocycles. The van der Waals surface area contributed by atoms with Gasteiger partial charge in [-0.25, -0.2) is 9.98 Å². The zero-order chi connectivity index (χ0) is 33.4. The molecule has 0 aromatic heterocycles. The zero-order valence-electron chi connectivity index (χ0n) is 27.7. The first kappa shape index (κ1) is 29.6. The molecule has 50 heavy (non-hydrogen) atoms. The summed E-state index contributed by atoms with van der Waals surface area (Å²) >= 11 is 0. The molecule has 238 valence electrons. The van der Waals surface area contributed by atoms with Crippen molar-refractivity contribution in [1.29, 1.82) is 0 Å². The van der Waals surface area contributed by atoms with E-state index in [4.69, 9.17) is 9.98 Å². The SMILES string of the molecule is CN1C(c2ccccc2)=NC(c2ccc3c(c2)-c2ccccc2-c2cc(-c4ccccc4)ccc2N3c2ccccc2)=NC1c1ccccc1. The largest absolute Gasteiger partial charge is 0.333 e. The normalized spacial score (nSPS) is 14.9. The fraction of sp³-hybridized carbons (Fsp3) is 0.0435. The molecule has 1 unspecified atom stereocenters. The summed E-state index contributed by atoms with van der Waals surface area (Å²) in [4.78, 5) is 15.1. The number of hydrogen-bond donors (Lipinski definition) is 0. The summed E-state index contributed by atoms with van der Waals surface area (Å²) in [6.45, 7) is 0. The van der Waals surface area contributed by atoms with Crippen molar-refractivity contribution in [2.45, 2.75) is 6.17 Å². The van der Waals surface area contributed by atoms with Crippen LogP contribution in [0.15, 0.2) is 192 Å². The van der Waals surface area contributed by atoms with Gasteiger partial charge in [-0.2, -0.15) is 0 Å². The van der Waals surface area contributed by atoms with Gasteiger partial charge < -0.3 is 9.80 Å². The molecular formula is C46H34N4. The van der Waals surface area contributed by atoms with E-state index in [0.29, 0.717) is 0 Å². The fourth-order valence-corrected chi connectivity index (χ4v) is 7.22. The quantitative estimate of drug-likeness (QED) is 0.187. The van der Waals surface area contributed by atoms with E-state index in [1.54, 1.807) is 0 Å². The molecule has 0 N–H and O–H groups in total. The van der Waals surface area contributed by atoms with E-state index in [-0.39, 0.29) is 6.17 Å². The monoisotopic (exact) mass is 642 g/mol. The molecule has 0 fully saturated rings. The van der Waals surface area contributed by atoms with E-state index in [2.05, 4.69) is 187 Å². The number of fused-ring (bicyclic) bond motifs is 5. The predicted octanol–water partition coefficient (Wildman–Crippen LogP) is 11.3. The number of para-hydroxylation sites is 1. The lowest BCUT2D eigenvalue weighted by Gasteiger charge is -2.32. The molecule has 0 amide bonds. The lowest BCUT2D eigenvalue weighted by atomic mass is 9.92. The summed E-state index contributed by atoms with van der Waals surface area (Å²) in [5, 5.41) is 0. The molecule has 2 aliphatic rings. The van der Waals surface area contributed by atoms with Crippen molar-refractivity contribution in [3.05, 3.63) is 199 Å². The van der Waals surface area contributed by atoms with Crippen LogP contribution in [0.5, 0.6) is 0 Å². The summed E-state index contributed by atoms with van der Waals surface area (Å²) in [6.07, 6.45) is -0.216. The Morgan fingerprint density at radius 3 is 1.56 bits per heavy atom. The topological polar surface area (TPSA) is 31.2 Å². The van der Waals surface area contributed by atoms with Gasteiger partial charge in [0.05, 0.1) is 11.4 Å². The Morgan fingerprint density at radius 2 is 0.940 bits per heavy atom. The minimum absolute atomic E-state index is 0.216. The van der Waals surface area contributed by atoms with Crippen LogP contribution in [0.2, 0.25) is 0 Å². The average Bonchev–Trinajstić information content (AvgIpc) is 3.31. The standard InChI is InChI=1S/C46H34N4/c1-49-45(33-18-8-3-9-19-33)47-44(48-46(49)34-20-10-4-11-21-34)36-27-29-43-41(31-36)39-25-15-14-24-38(39)40-30-35(32-16-6-2-7-17-32)26-28-42(40)50(43)37-22-12-5-13-23-37/h2-31,45H,1H3. The van der Waals surface area contributed by atoms with E-state index < -0.39 is 0 Å². The number of aliphatic imine (C=N–C) groups is 2. The third-order valence-corrected chi connectivity index (χ3v) is 9.65. The van der Waals surface area contributed by atoms with Gasteiger partial charge in [-0.1, -0.05) is 140 Å². The lowest BCUT2D eigenvalue weighted by Crippen LogP contribution is -2.35. The fourth-order valence-electron chi connectivity index (χ4n) is 7.22. The molecule has 0 bridgehead atoms. The van der Waals surface area contributed by atoms with Gasteiger partial charge in [-0.3, -0.25) is 0 Å². The van der Waals surface area contributed by atoms with Crippen LogP contribution < -0.4 is 4.90 Å². The van der Waals surface area contributed by atoms with Gasteiger partial charge in [0, 0.05) is 35.0 Å². The minimum Gasteiger partial charge on any atom is -0.333 e. The molecule has 7 aromatic carbocycles. The van der Waals surface area contributed by atoms with Crippen molar-refractivity contribution >= 4 is 28.7 Å². The maximum absolute atomic E-state index is 5.31. The Kier molecular flexibility index (Phi) is 7.40. The highest BCUT2D eigenvalue weighted by Crippen LogP contribution is 2.51. The molecule has 7 aromatic rings. The first-order chi connectivity index (χ1) is 24.7. The van der Waals surface area contributed by atoms with Crippen molar-refractivity contribution in [3.8, 4) is 33.4 Å². The number of anilines is 3. The number of benzene rings is 7. The van der Waals surface area contributed by atoms with Crippen LogP contribution in [0, 0.1) is 0 Å². The zero-order valence-corrected chi connectivity index (χ0v) is 27.7. The molecule has 0 aliphatic carbocycles. The lowest BCUT2D eigenvalue weighted by molar-refractivity contribution is 0.383. The molecule has 2 heterocycles. The summed E-state index contributed by atoms with van der Waals surface area (Å²) in [5.74, 6) is 1.61. The van der Waals surface area contributed by atoms with E-state index in [1.165, 1.54) is 27.8 Å². The van der Waals surface area contributed by atoms with Crippen molar-refractivity contribution in [1.82, 2.24) is 4.90 Å². The third kappa shape index (κ3) is 5.19. The molecule has 1 atom stereocenters. The van der Waals surface area contributed by atoms with Crippen LogP contribution in [0.3, 0.4) is 0 Å². The molecular weight excluding hydrogens is 609 g/mol. The summed E-state index contributed by atoms with van der Waals surface area (Å²) in [6, 6.07) is 64.5. The Hall–Kier alpha value is -6.52. The van der Waals surface area contributed by atoms with Crippen molar-refractivity contribution < 1.29 is 0 Å². The first-order valence-electron chi connectivity index (χ1n) is 17.0. The Morgan fingerprint density at radius 1 is 0.440 bits per heavy atom. The van der Waals surface area contributed by atoms with Gasteiger partial charge in [0.1, 0.15) is 12.0 Å². The van der Waals surface area contributed by atoms with Gasteiger partial charge in [0.15, 0.2) is 5.84 Å². The molecule has 2 aliphatic heterocycles. The van der Waals surface area contributed by atoms with E-state index >= 15 is 0 Å². The second-order valence-corrected chi connectivity index (χ2v) is 12.7. The van der Waals surface area contributed by atoms with Crippen molar-refractivity contribution in [2.75, 3.05) is 11.9 Å². The number of hydrogen-bond acceptors (Lipinski definition) is 4. The number of rotatable bonds is 5. The smallest absolute Gasteiger partial charge is 0.159 e. The number of amidine groups is 2. The second-order valence-electron chi connectivity index (χ2n) is 12.7. The maximum Gasteiger partial charge on any atom is 0.159 e. The van der Waals surface area contributed by atoms with Gasteiger partial charge in [0.25, 0.3) is 0 Å². The van der Waals surface area contributed by atoms with Crippen LogP contribution in [-0.2, 0) is 0 Å².